The van der Waals surface area contributed by atoms with Crippen LogP contribution in [-0.2, 0) is 9.47 Å². The number of thiocarbonyl (C=S) groups is 1. The van der Waals surface area contributed by atoms with E-state index in [4.69, 9.17) is 27.4 Å². The molecule has 1 rings (SSSR count). The van der Waals surface area contributed by atoms with Gasteiger partial charge in [0, 0.05) is 32.0 Å². The van der Waals surface area contributed by atoms with Gasteiger partial charge in [-0.1, -0.05) is 12.2 Å². The summed E-state index contributed by atoms with van der Waals surface area (Å²) in [7, 11) is 1.62. The molecule has 0 atom stereocenters. The normalized spacial score (nSPS) is 10.2. The summed E-state index contributed by atoms with van der Waals surface area (Å²) in [5, 5.41) is 2.76. The van der Waals surface area contributed by atoms with Gasteiger partial charge < -0.3 is 20.5 Å². The Morgan fingerprint density at radius 2 is 2.20 bits per heavy atom. The van der Waals surface area contributed by atoms with Crippen LogP contribution in [0.4, 0.5) is 0 Å². The van der Waals surface area contributed by atoms with E-state index in [9.17, 15) is 4.79 Å². The number of aromatic nitrogens is 1. The summed E-state index contributed by atoms with van der Waals surface area (Å²) < 4.78 is 10.1. The average molecular weight is 297 g/mol. The summed E-state index contributed by atoms with van der Waals surface area (Å²) in [5.74, 6) is -0.226. The minimum absolute atomic E-state index is 0.226. The summed E-state index contributed by atoms with van der Waals surface area (Å²) >= 11 is 4.81. The summed E-state index contributed by atoms with van der Waals surface area (Å²) in [4.78, 5) is 16.0. The molecule has 0 saturated carbocycles. The second-order valence-corrected chi connectivity index (χ2v) is 4.45. The number of pyridine rings is 1. The van der Waals surface area contributed by atoms with Gasteiger partial charge in [0.15, 0.2) is 0 Å². The first-order valence-corrected chi connectivity index (χ1v) is 6.66. The number of carbonyl (C=O) groups excluding carboxylic acids is 1. The van der Waals surface area contributed by atoms with Crippen molar-refractivity contribution in [2.75, 3.05) is 33.5 Å². The summed E-state index contributed by atoms with van der Waals surface area (Å²) in [5.41, 5.74) is 6.44. The van der Waals surface area contributed by atoms with E-state index >= 15 is 0 Å². The first kappa shape index (κ1) is 16.5. The molecule has 7 heteroatoms. The molecule has 0 radical (unpaired) electrons. The van der Waals surface area contributed by atoms with E-state index in [0.29, 0.717) is 37.6 Å². The maximum absolute atomic E-state index is 11.8. The predicted molar refractivity (Wildman–Crippen MR) is 79.8 cm³/mol. The maximum Gasteiger partial charge on any atom is 0.269 e. The van der Waals surface area contributed by atoms with Gasteiger partial charge in [0.2, 0.25) is 0 Å². The lowest BCUT2D eigenvalue weighted by Crippen LogP contribution is -2.26. The molecule has 0 aromatic carbocycles. The Kier molecular flexibility index (Phi) is 7.71. The molecule has 0 aliphatic heterocycles. The van der Waals surface area contributed by atoms with Gasteiger partial charge in [0.05, 0.1) is 13.2 Å². The molecule has 0 fully saturated rings. The molecule has 0 aliphatic rings. The second-order valence-electron chi connectivity index (χ2n) is 4.01. The van der Waals surface area contributed by atoms with Crippen LogP contribution in [0.1, 0.15) is 22.5 Å². The smallest absolute Gasteiger partial charge is 0.269 e. The zero-order valence-corrected chi connectivity index (χ0v) is 12.2. The van der Waals surface area contributed by atoms with Crippen molar-refractivity contribution in [3.8, 4) is 0 Å². The fourth-order valence-corrected chi connectivity index (χ4v) is 1.51. The average Bonchev–Trinajstić information content (AvgIpc) is 2.46. The fourth-order valence-electron chi connectivity index (χ4n) is 1.38. The largest absolute Gasteiger partial charge is 0.389 e. The zero-order chi connectivity index (χ0) is 14.8. The number of nitrogens with zero attached hydrogens (tertiary/aromatic N) is 1. The predicted octanol–water partition coefficient (Wildman–Crippen LogP) is 0.499. The molecule has 0 saturated heterocycles. The van der Waals surface area contributed by atoms with Gasteiger partial charge in [-0.2, -0.15) is 0 Å². The Labute approximate surface area is 123 Å². The highest BCUT2D eigenvalue weighted by Gasteiger charge is 2.06. The van der Waals surface area contributed by atoms with Crippen LogP contribution in [0.2, 0.25) is 0 Å². The number of hydrogen-bond donors (Lipinski definition) is 2. The van der Waals surface area contributed by atoms with Gasteiger partial charge in [0.25, 0.3) is 5.91 Å². The third kappa shape index (κ3) is 6.05. The third-order valence-electron chi connectivity index (χ3n) is 2.46. The SMILES string of the molecule is COCCOCCCNC(=O)c1ccc(C(N)=S)cn1. The highest BCUT2D eigenvalue weighted by molar-refractivity contribution is 7.80. The monoisotopic (exact) mass is 297 g/mol. The van der Waals surface area contributed by atoms with E-state index in [1.165, 1.54) is 6.20 Å². The number of methoxy groups -OCH3 is 1. The number of carbonyl (C=O) groups is 1. The number of rotatable bonds is 9. The van der Waals surface area contributed by atoms with E-state index in [0.717, 1.165) is 6.42 Å². The molecule has 3 N–H and O–H groups in total. The van der Waals surface area contributed by atoms with Crippen molar-refractivity contribution in [1.82, 2.24) is 10.3 Å². The van der Waals surface area contributed by atoms with E-state index in [1.54, 1.807) is 19.2 Å². The van der Waals surface area contributed by atoms with Crippen LogP contribution in [0.25, 0.3) is 0 Å². The quantitative estimate of drug-likeness (QED) is 0.510. The van der Waals surface area contributed by atoms with E-state index in [-0.39, 0.29) is 10.9 Å². The van der Waals surface area contributed by atoms with Crippen molar-refractivity contribution in [3.63, 3.8) is 0 Å². The van der Waals surface area contributed by atoms with Crippen molar-refractivity contribution in [3.05, 3.63) is 29.6 Å². The highest BCUT2D eigenvalue weighted by atomic mass is 32.1. The Morgan fingerprint density at radius 3 is 2.80 bits per heavy atom. The van der Waals surface area contributed by atoms with Gasteiger partial charge in [-0.15, -0.1) is 0 Å². The molecule has 1 heterocycles. The molecule has 1 aromatic heterocycles. The lowest BCUT2D eigenvalue weighted by molar-refractivity contribution is 0.0688. The van der Waals surface area contributed by atoms with Gasteiger partial charge in [-0.05, 0) is 18.6 Å². The molecule has 0 spiro atoms. The minimum Gasteiger partial charge on any atom is -0.389 e. The Balaban J connectivity index is 2.24. The van der Waals surface area contributed by atoms with Crippen LogP contribution in [0.5, 0.6) is 0 Å². The van der Waals surface area contributed by atoms with Crippen LogP contribution in [-0.4, -0.2) is 49.4 Å². The topological polar surface area (TPSA) is 86.5 Å². The van der Waals surface area contributed by atoms with Gasteiger partial charge >= 0.3 is 0 Å². The highest BCUT2D eigenvalue weighted by Crippen LogP contribution is 2.00. The van der Waals surface area contributed by atoms with E-state index < -0.39 is 0 Å². The fraction of sp³-hybridized carbons (Fsp3) is 0.462. The number of ether oxygens (including phenoxy) is 2. The van der Waals surface area contributed by atoms with Crippen LogP contribution >= 0.6 is 12.2 Å². The molecule has 0 aliphatic carbocycles. The molecule has 6 nitrogen and oxygen atoms in total. The van der Waals surface area contributed by atoms with Crippen LogP contribution in [0.15, 0.2) is 18.3 Å². The molecule has 1 amide bonds. The molecule has 20 heavy (non-hydrogen) atoms. The zero-order valence-electron chi connectivity index (χ0n) is 11.4. The van der Waals surface area contributed by atoms with Crippen LogP contribution < -0.4 is 11.1 Å². The lowest BCUT2D eigenvalue weighted by Gasteiger charge is -2.06. The Morgan fingerprint density at radius 1 is 1.40 bits per heavy atom. The summed E-state index contributed by atoms with van der Waals surface area (Å²) in [6.45, 7) is 2.25. The standard InChI is InChI=1S/C13H19N3O3S/c1-18-7-8-19-6-2-5-15-13(17)11-4-3-10(9-16-11)12(14)20/h3-4,9H,2,5-8H2,1H3,(H2,14,20)(H,15,17). The van der Waals surface area contributed by atoms with Crippen molar-refractivity contribution in [2.24, 2.45) is 5.73 Å². The maximum atomic E-state index is 11.8. The first-order chi connectivity index (χ1) is 9.65. The number of hydrogen-bond acceptors (Lipinski definition) is 5. The lowest BCUT2D eigenvalue weighted by atomic mass is 10.2. The number of nitrogens with one attached hydrogen (secondary N) is 1. The second kappa shape index (κ2) is 9.35. The van der Waals surface area contributed by atoms with E-state index in [1.807, 2.05) is 0 Å². The molecule has 1 aromatic rings. The Hall–Kier alpha value is -1.57. The van der Waals surface area contributed by atoms with Gasteiger partial charge in [-0.3, -0.25) is 9.78 Å². The Bertz CT molecular complexity index is 437. The number of nitrogens with two attached hydrogens (primary N) is 1. The molecule has 0 bridgehead atoms. The summed E-state index contributed by atoms with van der Waals surface area (Å²) in [6.07, 6.45) is 2.23. The summed E-state index contributed by atoms with van der Waals surface area (Å²) in [6, 6.07) is 3.27. The van der Waals surface area contributed by atoms with Gasteiger partial charge in [-0.25, -0.2) is 0 Å². The van der Waals surface area contributed by atoms with Crippen molar-refractivity contribution in [2.45, 2.75) is 6.42 Å². The van der Waals surface area contributed by atoms with Crippen LogP contribution in [0, 0.1) is 0 Å². The first-order valence-electron chi connectivity index (χ1n) is 6.26. The van der Waals surface area contributed by atoms with Gasteiger partial charge in [0.1, 0.15) is 10.7 Å². The van der Waals surface area contributed by atoms with Crippen molar-refractivity contribution < 1.29 is 14.3 Å². The third-order valence-corrected chi connectivity index (χ3v) is 2.70. The molecular weight excluding hydrogens is 278 g/mol. The minimum atomic E-state index is -0.226. The molecular formula is C13H19N3O3S. The molecule has 0 unspecified atom stereocenters. The number of amides is 1. The van der Waals surface area contributed by atoms with E-state index in [2.05, 4.69) is 10.3 Å². The van der Waals surface area contributed by atoms with Crippen molar-refractivity contribution in [1.29, 1.82) is 0 Å². The van der Waals surface area contributed by atoms with Crippen molar-refractivity contribution >= 4 is 23.1 Å². The molecule has 110 valence electrons. The van der Waals surface area contributed by atoms with Crippen LogP contribution in [0.3, 0.4) is 0 Å².